The summed E-state index contributed by atoms with van der Waals surface area (Å²) in [7, 11) is 0. The SMILES string of the molecule is CCCn1nc(-c2ccccn2)cc1C(N)=O. The topological polar surface area (TPSA) is 73.8 Å². The van der Waals surface area contributed by atoms with Gasteiger partial charge in [0.2, 0.25) is 0 Å². The van der Waals surface area contributed by atoms with Gasteiger partial charge in [0.05, 0.1) is 5.69 Å². The molecule has 0 bridgehead atoms. The van der Waals surface area contributed by atoms with Crippen molar-refractivity contribution in [2.45, 2.75) is 19.9 Å². The highest BCUT2D eigenvalue weighted by atomic mass is 16.1. The maximum absolute atomic E-state index is 11.3. The smallest absolute Gasteiger partial charge is 0.266 e. The van der Waals surface area contributed by atoms with Crippen molar-refractivity contribution in [2.24, 2.45) is 5.73 Å². The number of rotatable bonds is 4. The highest BCUT2D eigenvalue weighted by Crippen LogP contribution is 2.16. The molecule has 0 saturated heterocycles. The Balaban J connectivity index is 2.44. The third kappa shape index (κ3) is 2.33. The summed E-state index contributed by atoms with van der Waals surface area (Å²) >= 11 is 0. The summed E-state index contributed by atoms with van der Waals surface area (Å²) in [6.07, 6.45) is 2.59. The van der Waals surface area contributed by atoms with Crippen molar-refractivity contribution in [3.05, 3.63) is 36.2 Å². The fourth-order valence-electron chi connectivity index (χ4n) is 1.64. The second-order valence-electron chi connectivity index (χ2n) is 3.72. The molecule has 0 aromatic carbocycles. The predicted octanol–water partition coefficient (Wildman–Crippen LogP) is 1.45. The minimum atomic E-state index is -0.465. The molecule has 0 radical (unpaired) electrons. The van der Waals surface area contributed by atoms with Crippen LogP contribution in [0.4, 0.5) is 0 Å². The molecule has 0 aliphatic carbocycles. The van der Waals surface area contributed by atoms with Gasteiger partial charge in [-0.05, 0) is 24.6 Å². The fourth-order valence-corrected chi connectivity index (χ4v) is 1.64. The first-order chi connectivity index (χ1) is 8.22. The van der Waals surface area contributed by atoms with E-state index >= 15 is 0 Å². The van der Waals surface area contributed by atoms with E-state index in [0.29, 0.717) is 17.9 Å². The lowest BCUT2D eigenvalue weighted by atomic mass is 10.2. The Morgan fingerprint density at radius 2 is 2.24 bits per heavy atom. The lowest BCUT2D eigenvalue weighted by Gasteiger charge is -2.01. The highest BCUT2D eigenvalue weighted by molar-refractivity contribution is 5.92. The number of nitrogens with zero attached hydrogens (tertiary/aromatic N) is 3. The molecule has 2 aromatic rings. The van der Waals surface area contributed by atoms with Crippen LogP contribution in [-0.2, 0) is 6.54 Å². The number of amides is 1. The quantitative estimate of drug-likeness (QED) is 0.863. The van der Waals surface area contributed by atoms with Gasteiger partial charge in [0, 0.05) is 12.7 Å². The molecule has 0 saturated carbocycles. The molecular formula is C12H14N4O. The van der Waals surface area contributed by atoms with Crippen molar-refractivity contribution in [3.63, 3.8) is 0 Å². The zero-order valence-corrected chi connectivity index (χ0v) is 9.63. The largest absolute Gasteiger partial charge is 0.364 e. The number of nitrogens with two attached hydrogens (primary N) is 1. The molecule has 0 unspecified atom stereocenters. The summed E-state index contributed by atoms with van der Waals surface area (Å²) < 4.78 is 1.63. The Kier molecular flexibility index (Phi) is 3.18. The molecule has 0 fully saturated rings. The van der Waals surface area contributed by atoms with E-state index < -0.39 is 5.91 Å². The van der Waals surface area contributed by atoms with Gasteiger partial charge in [0.15, 0.2) is 0 Å². The molecule has 1 amide bonds. The molecule has 0 aliphatic heterocycles. The number of aromatic nitrogens is 3. The normalized spacial score (nSPS) is 10.4. The van der Waals surface area contributed by atoms with Crippen LogP contribution in [0.2, 0.25) is 0 Å². The average Bonchev–Trinajstić information content (AvgIpc) is 2.75. The first kappa shape index (κ1) is 11.3. The van der Waals surface area contributed by atoms with E-state index in [1.807, 2.05) is 25.1 Å². The lowest BCUT2D eigenvalue weighted by Crippen LogP contribution is -2.17. The van der Waals surface area contributed by atoms with Crippen molar-refractivity contribution in [3.8, 4) is 11.4 Å². The Labute approximate surface area is 99.3 Å². The molecule has 0 atom stereocenters. The molecule has 2 rings (SSSR count). The van der Waals surface area contributed by atoms with E-state index in [2.05, 4.69) is 10.1 Å². The van der Waals surface area contributed by atoms with Crippen LogP contribution in [-0.4, -0.2) is 20.7 Å². The van der Waals surface area contributed by atoms with Gasteiger partial charge in [-0.25, -0.2) is 0 Å². The third-order valence-electron chi connectivity index (χ3n) is 2.40. The number of hydrogen-bond donors (Lipinski definition) is 1. The molecule has 0 aliphatic rings. The van der Waals surface area contributed by atoms with Gasteiger partial charge in [-0.2, -0.15) is 5.10 Å². The van der Waals surface area contributed by atoms with Crippen LogP contribution in [0.3, 0.4) is 0 Å². The van der Waals surface area contributed by atoms with Crippen molar-refractivity contribution < 1.29 is 4.79 Å². The van der Waals surface area contributed by atoms with Crippen LogP contribution in [0, 0.1) is 0 Å². The van der Waals surface area contributed by atoms with Crippen LogP contribution in [0.1, 0.15) is 23.8 Å². The maximum Gasteiger partial charge on any atom is 0.266 e. The molecule has 0 spiro atoms. The van der Waals surface area contributed by atoms with Gasteiger partial charge in [0.1, 0.15) is 11.4 Å². The predicted molar refractivity (Wildman–Crippen MR) is 64.3 cm³/mol. The second kappa shape index (κ2) is 4.78. The standard InChI is InChI=1S/C12H14N4O/c1-2-7-16-11(12(13)17)8-10(15-16)9-5-3-4-6-14-9/h3-6,8H,2,7H2,1H3,(H2,13,17). The number of primary amides is 1. The van der Waals surface area contributed by atoms with E-state index in [-0.39, 0.29) is 0 Å². The molecule has 2 heterocycles. The van der Waals surface area contributed by atoms with E-state index in [0.717, 1.165) is 12.1 Å². The summed E-state index contributed by atoms with van der Waals surface area (Å²) in [5.74, 6) is -0.465. The van der Waals surface area contributed by atoms with Crippen molar-refractivity contribution in [2.75, 3.05) is 0 Å². The zero-order valence-electron chi connectivity index (χ0n) is 9.63. The average molecular weight is 230 g/mol. The summed E-state index contributed by atoms with van der Waals surface area (Å²) in [5.41, 5.74) is 7.15. The second-order valence-corrected chi connectivity index (χ2v) is 3.72. The minimum Gasteiger partial charge on any atom is -0.364 e. The first-order valence-electron chi connectivity index (χ1n) is 5.51. The first-order valence-corrected chi connectivity index (χ1v) is 5.51. The highest BCUT2D eigenvalue weighted by Gasteiger charge is 2.13. The number of carbonyl (C=O) groups is 1. The number of carbonyl (C=O) groups excluding carboxylic acids is 1. The van der Waals surface area contributed by atoms with Crippen molar-refractivity contribution in [1.82, 2.24) is 14.8 Å². The Morgan fingerprint density at radius 3 is 2.82 bits per heavy atom. The van der Waals surface area contributed by atoms with Crippen LogP contribution in [0.15, 0.2) is 30.5 Å². The van der Waals surface area contributed by atoms with E-state index in [9.17, 15) is 4.79 Å². The van der Waals surface area contributed by atoms with Crippen LogP contribution in [0.5, 0.6) is 0 Å². The molecular weight excluding hydrogens is 216 g/mol. The van der Waals surface area contributed by atoms with Crippen molar-refractivity contribution >= 4 is 5.91 Å². The monoisotopic (exact) mass is 230 g/mol. The molecule has 5 nitrogen and oxygen atoms in total. The Hall–Kier alpha value is -2.17. The maximum atomic E-state index is 11.3. The van der Waals surface area contributed by atoms with Crippen molar-refractivity contribution in [1.29, 1.82) is 0 Å². The van der Waals surface area contributed by atoms with Gasteiger partial charge in [-0.3, -0.25) is 14.5 Å². The lowest BCUT2D eigenvalue weighted by molar-refractivity contribution is 0.0990. The zero-order chi connectivity index (χ0) is 12.3. The Bertz CT molecular complexity index is 519. The number of hydrogen-bond acceptors (Lipinski definition) is 3. The number of pyridine rings is 1. The van der Waals surface area contributed by atoms with E-state index in [4.69, 9.17) is 5.73 Å². The summed E-state index contributed by atoms with van der Waals surface area (Å²) in [6.45, 7) is 2.69. The number of aryl methyl sites for hydroxylation is 1. The van der Waals surface area contributed by atoms with Gasteiger partial charge < -0.3 is 5.73 Å². The molecule has 2 N–H and O–H groups in total. The summed E-state index contributed by atoms with van der Waals surface area (Å²) in [4.78, 5) is 15.5. The molecule has 2 aromatic heterocycles. The van der Waals surface area contributed by atoms with E-state index in [1.165, 1.54) is 0 Å². The third-order valence-corrected chi connectivity index (χ3v) is 2.40. The van der Waals surface area contributed by atoms with Gasteiger partial charge in [0.25, 0.3) is 5.91 Å². The molecule has 88 valence electrons. The van der Waals surface area contributed by atoms with Crippen LogP contribution in [0.25, 0.3) is 11.4 Å². The fraction of sp³-hybridized carbons (Fsp3) is 0.250. The van der Waals surface area contributed by atoms with Crippen LogP contribution >= 0.6 is 0 Å². The van der Waals surface area contributed by atoms with Gasteiger partial charge in [-0.1, -0.05) is 13.0 Å². The van der Waals surface area contributed by atoms with Gasteiger partial charge in [-0.15, -0.1) is 0 Å². The minimum absolute atomic E-state index is 0.424. The van der Waals surface area contributed by atoms with Crippen LogP contribution < -0.4 is 5.73 Å². The summed E-state index contributed by atoms with van der Waals surface area (Å²) in [5, 5.41) is 4.34. The Morgan fingerprint density at radius 1 is 1.41 bits per heavy atom. The summed E-state index contributed by atoms with van der Waals surface area (Å²) in [6, 6.07) is 7.25. The molecule has 5 heteroatoms. The molecule has 17 heavy (non-hydrogen) atoms. The van der Waals surface area contributed by atoms with E-state index in [1.54, 1.807) is 16.9 Å². The van der Waals surface area contributed by atoms with Gasteiger partial charge >= 0.3 is 0 Å².